The van der Waals surface area contributed by atoms with Crippen LogP contribution in [-0.2, 0) is 14.6 Å². The SMILES string of the molecule is CC1CS(=O)(=O)CCN1CC1(CO)CCOCC1. The van der Waals surface area contributed by atoms with Gasteiger partial charge in [0.25, 0.3) is 0 Å². The Hall–Kier alpha value is -0.170. The number of rotatable bonds is 3. The molecule has 0 aromatic heterocycles. The highest BCUT2D eigenvalue weighted by Crippen LogP contribution is 2.32. The molecule has 1 unspecified atom stereocenters. The Morgan fingerprint density at radius 2 is 2.06 bits per heavy atom. The van der Waals surface area contributed by atoms with E-state index in [1.165, 1.54) is 0 Å². The van der Waals surface area contributed by atoms with Crippen molar-refractivity contribution in [2.75, 3.05) is 44.4 Å². The third-order valence-corrected chi connectivity index (χ3v) is 6.03. The minimum atomic E-state index is -2.86. The zero-order chi connectivity index (χ0) is 13.2. The predicted molar refractivity (Wildman–Crippen MR) is 69.3 cm³/mol. The molecule has 0 aliphatic carbocycles. The Balaban J connectivity index is 2.00. The fourth-order valence-corrected chi connectivity index (χ4v) is 4.49. The highest BCUT2D eigenvalue weighted by Gasteiger charge is 2.37. The van der Waals surface area contributed by atoms with Crippen LogP contribution < -0.4 is 0 Å². The van der Waals surface area contributed by atoms with Gasteiger partial charge in [-0.1, -0.05) is 0 Å². The van der Waals surface area contributed by atoms with Crippen molar-refractivity contribution in [2.45, 2.75) is 25.8 Å². The van der Waals surface area contributed by atoms with Crippen LogP contribution in [0.4, 0.5) is 0 Å². The third kappa shape index (κ3) is 3.23. The molecule has 2 aliphatic heterocycles. The Morgan fingerprint density at radius 3 is 2.61 bits per heavy atom. The summed E-state index contributed by atoms with van der Waals surface area (Å²) < 4.78 is 28.5. The summed E-state index contributed by atoms with van der Waals surface area (Å²) in [5.74, 6) is 0.486. The number of sulfone groups is 1. The van der Waals surface area contributed by atoms with Crippen LogP contribution in [0.3, 0.4) is 0 Å². The van der Waals surface area contributed by atoms with Gasteiger partial charge in [0, 0.05) is 37.8 Å². The van der Waals surface area contributed by atoms with Crippen LogP contribution in [-0.4, -0.2) is 68.9 Å². The van der Waals surface area contributed by atoms with Crippen LogP contribution in [0.25, 0.3) is 0 Å². The van der Waals surface area contributed by atoms with Gasteiger partial charge < -0.3 is 9.84 Å². The average Bonchev–Trinajstić information content (AvgIpc) is 2.34. The van der Waals surface area contributed by atoms with Gasteiger partial charge in [-0.2, -0.15) is 0 Å². The zero-order valence-corrected chi connectivity index (χ0v) is 11.8. The molecule has 0 amide bonds. The Morgan fingerprint density at radius 1 is 1.39 bits per heavy atom. The lowest BCUT2D eigenvalue weighted by Gasteiger charge is -2.43. The first-order chi connectivity index (χ1) is 8.46. The van der Waals surface area contributed by atoms with E-state index >= 15 is 0 Å². The molecule has 18 heavy (non-hydrogen) atoms. The Kier molecular flexibility index (Phi) is 4.31. The Labute approximate surface area is 109 Å². The molecule has 2 aliphatic rings. The molecular weight excluding hydrogens is 254 g/mol. The zero-order valence-electron chi connectivity index (χ0n) is 11.0. The first kappa shape index (κ1) is 14.2. The van der Waals surface area contributed by atoms with Crippen molar-refractivity contribution in [3.8, 4) is 0 Å². The predicted octanol–water partition coefficient (Wildman–Crippen LogP) is -0.106. The van der Waals surface area contributed by atoms with E-state index in [9.17, 15) is 13.5 Å². The van der Waals surface area contributed by atoms with Crippen LogP contribution in [0.1, 0.15) is 19.8 Å². The lowest BCUT2D eigenvalue weighted by atomic mass is 9.80. The lowest BCUT2D eigenvalue weighted by Crippen LogP contribution is -2.53. The van der Waals surface area contributed by atoms with Crippen LogP contribution in [0, 0.1) is 5.41 Å². The van der Waals surface area contributed by atoms with Crippen molar-refractivity contribution in [1.82, 2.24) is 4.90 Å². The molecule has 2 heterocycles. The maximum Gasteiger partial charge on any atom is 0.153 e. The Bertz CT molecular complexity index is 376. The topological polar surface area (TPSA) is 66.8 Å². The smallest absolute Gasteiger partial charge is 0.153 e. The highest BCUT2D eigenvalue weighted by atomic mass is 32.2. The molecule has 2 saturated heterocycles. The molecule has 0 spiro atoms. The molecule has 5 nitrogen and oxygen atoms in total. The van der Waals surface area contributed by atoms with Gasteiger partial charge in [-0.05, 0) is 19.8 Å². The molecule has 0 aromatic carbocycles. The van der Waals surface area contributed by atoms with E-state index in [0.29, 0.717) is 19.8 Å². The van der Waals surface area contributed by atoms with Crippen molar-refractivity contribution >= 4 is 9.84 Å². The van der Waals surface area contributed by atoms with Gasteiger partial charge in [0.15, 0.2) is 9.84 Å². The second kappa shape index (κ2) is 5.45. The molecule has 106 valence electrons. The maximum absolute atomic E-state index is 11.6. The number of hydrogen-bond acceptors (Lipinski definition) is 5. The average molecular weight is 277 g/mol. The van der Waals surface area contributed by atoms with E-state index in [4.69, 9.17) is 4.74 Å². The number of aliphatic hydroxyl groups excluding tert-OH is 1. The number of aliphatic hydroxyl groups is 1. The lowest BCUT2D eigenvalue weighted by molar-refractivity contribution is -0.0381. The van der Waals surface area contributed by atoms with Crippen LogP contribution >= 0.6 is 0 Å². The van der Waals surface area contributed by atoms with Crippen molar-refractivity contribution in [3.63, 3.8) is 0 Å². The van der Waals surface area contributed by atoms with E-state index in [1.54, 1.807) is 0 Å². The standard InChI is InChI=1S/C12H23NO4S/c1-11-8-18(15,16)7-4-13(11)9-12(10-14)2-5-17-6-3-12/h11,14H,2-10H2,1H3. The summed E-state index contributed by atoms with van der Waals surface area (Å²) in [6.45, 7) is 4.88. The second-order valence-corrected chi connectivity index (χ2v) is 7.93. The fourth-order valence-electron chi connectivity index (χ4n) is 2.87. The molecule has 0 saturated carbocycles. The summed E-state index contributed by atoms with van der Waals surface area (Å²) >= 11 is 0. The molecule has 2 rings (SSSR count). The van der Waals surface area contributed by atoms with Gasteiger partial charge >= 0.3 is 0 Å². The van der Waals surface area contributed by atoms with Gasteiger partial charge in [-0.15, -0.1) is 0 Å². The summed E-state index contributed by atoms with van der Waals surface area (Å²) in [6.07, 6.45) is 1.72. The maximum atomic E-state index is 11.6. The largest absolute Gasteiger partial charge is 0.396 e. The molecule has 2 fully saturated rings. The molecule has 6 heteroatoms. The fraction of sp³-hybridized carbons (Fsp3) is 1.00. The van der Waals surface area contributed by atoms with Crippen LogP contribution in [0.15, 0.2) is 0 Å². The van der Waals surface area contributed by atoms with E-state index in [-0.39, 0.29) is 29.6 Å². The summed E-state index contributed by atoms with van der Waals surface area (Å²) in [5.41, 5.74) is -0.104. The molecule has 1 atom stereocenters. The quantitative estimate of drug-likeness (QED) is 0.780. The van der Waals surface area contributed by atoms with Gasteiger partial charge in [0.1, 0.15) is 0 Å². The van der Waals surface area contributed by atoms with Crippen molar-refractivity contribution in [2.24, 2.45) is 5.41 Å². The van der Waals surface area contributed by atoms with Gasteiger partial charge in [-0.25, -0.2) is 8.42 Å². The molecule has 1 N–H and O–H groups in total. The third-order valence-electron chi connectivity index (χ3n) is 4.24. The van der Waals surface area contributed by atoms with E-state index in [1.807, 2.05) is 6.92 Å². The summed E-state index contributed by atoms with van der Waals surface area (Å²) in [4.78, 5) is 2.21. The summed E-state index contributed by atoms with van der Waals surface area (Å²) in [7, 11) is -2.86. The first-order valence-electron chi connectivity index (χ1n) is 6.59. The van der Waals surface area contributed by atoms with Crippen molar-refractivity contribution in [1.29, 1.82) is 0 Å². The first-order valence-corrected chi connectivity index (χ1v) is 8.42. The van der Waals surface area contributed by atoms with Crippen molar-refractivity contribution in [3.05, 3.63) is 0 Å². The van der Waals surface area contributed by atoms with Crippen LogP contribution in [0.2, 0.25) is 0 Å². The molecule has 0 bridgehead atoms. The normalized spacial score (nSPS) is 32.2. The van der Waals surface area contributed by atoms with Gasteiger partial charge in [0.2, 0.25) is 0 Å². The number of ether oxygens (including phenoxy) is 1. The number of hydrogen-bond donors (Lipinski definition) is 1. The van der Waals surface area contributed by atoms with E-state index < -0.39 is 9.84 Å². The number of nitrogens with zero attached hydrogens (tertiary/aromatic N) is 1. The van der Waals surface area contributed by atoms with E-state index in [0.717, 1.165) is 19.4 Å². The second-order valence-electron chi connectivity index (χ2n) is 5.70. The van der Waals surface area contributed by atoms with E-state index in [2.05, 4.69) is 4.90 Å². The minimum absolute atomic E-state index is 0.0509. The molecule has 0 aromatic rings. The van der Waals surface area contributed by atoms with Gasteiger partial charge in [-0.3, -0.25) is 4.90 Å². The summed E-state index contributed by atoms with van der Waals surface area (Å²) in [5, 5.41) is 9.66. The van der Waals surface area contributed by atoms with Gasteiger partial charge in [0.05, 0.1) is 18.1 Å². The minimum Gasteiger partial charge on any atom is -0.396 e. The molecule has 0 radical (unpaired) electrons. The molecular formula is C12H23NO4S. The van der Waals surface area contributed by atoms with Crippen molar-refractivity contribution < 1.29 is 18.3 Å². The highest BCUT2D eigenvalue weighted by molar-refractivity contribution is 7.91. The summed E-state index contributed by atoms with van der Waals surface area (Å²) in [6, 6.07) is 0.0509. The monoisotopic (exact) mass is 277 g/mol. The van der Waals surface area contributed by atoms with Crippen LogP contribution in [0.5, 0.6) is 0 Å².